The summed E-state index contributed by atoms with van der Waals surface area (Å²) in [5.74, 6) is 4.34. The number of nitrogens with one attached hydrogen (secondary N) is 1. The van der Waals surface area contributed by atoms with E-state index in [0.29, 0.717) is 0 Å². The van der Waals surface area contributed by atoms with Crippen LogP contribution in [0.2, 0.25) is 0 Å². The van der Waals surface area contributed by atoms with Gasteiger partial charge in [0.1, 0.15) is 12.1 Å². The number of aromatic nitrogens is 2. The molecule has 0 fully saturated rings. The molecule has 13 heteroatoms. The van der Waals surface area contributed by atoms with Gasteiger partial charge in [-0.15, -0.1) is 0 Å². The number of hydrazine groups is 1. The van der Waals surface area contributed by atoms with E-state index in [1.807, 2.05) is 0 Å². The van der Waals surface area contributed by atoms with Gasteiger partial charge in [-0.2, -0.15) is 8.42 Å². The van der Waals surface area contributed by atoms with E-state index in [9.17, 15) is 18.0 Å². The first-order valence-electron chi connectivity index (χ1n) is 5.44. The van der Waals surface area contributed by atoms with Crippen molar-refractivity contribution in [1.29, 1.82) is 0 Å². The fraction of sp³-hybridized carbons (Fsp3) is 0.375. The Bertz CT molecular complexity index is 637. The molecule has 1 rings (SSSR count). The molecule has 7 N–H and O–H groups in total. The van der Waals surface area contributed by atoms with Crippen LogP contribution < -0.4 is 22.0 Å². The number of nitrogen functional groups attached to an aromatic ring is 1. The number of amides is 2. The van der Waals surface area contributed by atoms with Gasteiger partial charge in [-0.1, -0.05) is 0 Å². The van der Waals surface area contributed by atoms with Gasteiger partial charge in [-0.05, 0) is 0 Å². The van der Waals surface area contributed by atoms with Gasteiger partial charge in [0.15, 0.2) is 5.69 Å². The van der Waals surface area contributed by atoms with Gasteiger partial charge in [0.25, 0.3) is 5.91 Å². The van der Waals surface area contributed by atoms with Gasteiger partial charge in [-0.25, -0.2) is 25.3 Å². The maximum atomic E-state index is 11.7. The molecule has 12 nitrogen and oxygen atoms in total. The molecule has 0 aliphatic heterocycles. The van der Waals surface area contributed by atoms with Crippen LogP contribution in [0.25, 0.3) is 0 Å². The zero-order valence-corrected chi connectivity index (χ0v) is 11.8. The SMILES string of the molecule is CN(N)C(=O)n1cnc(C(=O)NCCOS(N)(=O)=O)c1N. The van der Waals surface area contributed by atoms with Gasteiger partial charge in [-0.3, -0.25) is 14.0 Å². The van der Waals surface area contributed by atoms with Gasteiger partial charge in [0, 0.05) is 13.6 Å². The van der Waals surface area contributed by atoms with E-state index >= 15 is 0 Å². The van der Waals surface area contributed by atoms with Crippen LogP contribution in [0, 0.1) is 0 Å². The highest BCUT2D eigenvalue weighted by atomic mass is 32.2. The zero-order valence-electron chi connectivity index (χ0n) is 11.0. The topological polar surface area (TPSA) is 189 Å². The lowest BCUT2D eigenvalue weighted by Crippen LogP contribution is -2.37. The van der Waals surface area contributed by atoms with Crippen LogP contribution in [-0.4, -0.2) is 55.1 Å². The fourth-order valence-electron chi connectivity index (χ4n) is 1.26. The fourth-order valence-corrected chi connectivity index (χ4v) is 1.58. The molecule has 118 valence electrons. The molecule has 2 amide bonds. The average molecular weight is 321 g/mol. The summed E-state index contributed by atoms with van der Waals surface area (Å²) in [5.41, 5.74) is 5.40. The number of anilines is 1. The van der Waals surface area contributed by atoms with Crippen LogP contribution in [0.15, 0.2) is 6.33 Å². The Balaban J connectivity index is 2.66. The Morgan fingerprint density at radius 3 is 2.67 bits per heavy atom. The van der Waals surface area contributed by atoms with Crippen LogP contribution in [0.5, 0.6) is 0 Å². The third-order valence-corrected chi connectivity index (χ3v) is 2.66. The molecule has 0 aliphatic rings. The van der Waals surface area contributed by atoms with E-state index in [-0.39, 0.29) is 24.7 Å². The number of hydrogen-bond donors (Lipinski definition) is 4. The van der Waals surface area contributed by atoms with Crippen molar-refractivity contribution < 1.29 is 22.2 Å². The quantitative estimate of drug-likeness (QED) is 0.193. The van der Waals surface area contributed by atoms with Crippen molar-refractivity contribution in [3.63, 3.8) is 0 Å². The Kier molecular flexibility index (Phi) is 5.20. The molecule has 0 aliphatic carbocycles. The second kappa shape index (κ2) is 6.49. The number of nitrogens with two attached hydrogens (primary N) is 3. The molecule has 0 atom stereocenters. The summed E-state index contributed by atoms with van der Waals surface area (Å²) in [6.45, 7) is -0.498. The van der Waals surface area contributed by atoms with Crippen molar-refractivity contribution in [3.05, 3.63) is 12.0 Å². The highest BCUT2D eigenvalue weighted by Crippen LogP contribution is 2.10. The largest absolute Gasteiger partial charge is 0.383 e. The van der Waals surface area contributed by atoms with E-state index in [1.165, 1.54) is 7.05 Å². The van der Waals surface area contributed by atoms with E-state index in [0.717, 1.165) is 15.9 Å². The van der Waals surface area contributed by atoms with Crippen LogP contribution >= 0.6 is 0 Å². The molecule has 0 unspecified atom stereocenters. The lowest BCUT2D eigenvalue weighted by atomic mass is 10.4. The summed E-state index contributed by atoms with van der Waals surface area (Å²) in [6.07, 6.45) is 1.04. The highest BCUT2D eigenvalue weighted by Gasteiger charge is 2.20. The summed E-state index contributed by atoms with van der Waals surface area (Å²) in [7, 11) is -2.77. The van der Waals surface area contributed by atoms with E-state index in [4.69, 9.17) is 11.6 Å². The summed E-state index contributed by atoms with van der Waals surface area (Å²) >= 11 is 0. The normalized spacial score (nSPS) is 11.2. The lowest BCUT2D eigenvalue weighted by Gasteiger charge is -2.11. The third kappa shape index (κ3) is 4.67. The zero-order chi connectivity index (χ0) is 16.2. The van der Waals surface area contributed by atoms with Crippen LogP contribution in [0.4, 0.5) is 10.6 Å². The first-order chi connectivity index (χ1) is 9.63. The third-order valence-electron chi connectivity index (χ3n) is 2.16. The van der Waals surface area contributed by atoms with E-state index < -0.39 is 22.2 Å². The highest BCUT2D eigenvalue weighted by molar-refractivity contribution is 7.84. The van der Waals surface area contributed by atoms with E-state index in [2.05, 4.69) is 19.6 Å². The van der Waals surface area contributed by atoms with Gasteiger partial charge >= 0.3 is 16.3 Å². The molecule has 1 aromatic rings. The summed E-state index contributed by atoms with van der Waals surface area (Å²) in [4.78, 5) is 27.0. The van der Waals surface area contributed by atoms with Crippen molar-refractivity contribution in [2.75, 3.05) is 25.9 Å². The second-order valence-corrected chi connectivity index (χ2v) is 5.03. The Hall–Kier alpha value is -2.22. The summed E-state index contributed by atoms with van der Waals surface area (Å²) < 4.78 is 26.1. The number of carbonyl (C=O) groups is 2. The van der Waals surface area contributed by atoms with Crippen molar-refractivity contribution in [2.45, 2.75) is 0 Å². The Morgan fingerprint density at radius 1 is 1.52 bits per heavy atom. The minimum atomic E-state index is -4.07. The molecule has 0 radical (unpaired) electrons. The van der Waals surface area contributed by atoms with Crippen molar-refractivity contribution in [1.82, 2.24) is 19.9 Å². The van der Waals surface area contributed by atoms with Crippen molar-refractivity contribution >= 4 is 28.1 Å². The minimum Gasteiger partial charge on any atom is -0.383 e. The van der Waals surface area contributed by atoms with Gasteiger partial charge < -0.3 is 11.1 Å². The molecule has 0 saturated heterocycles. The summed E-state index contributed by atoms with van der Waals surface area (Å²) in [5, 5.41) is 7.66. The standard InChI is InChI=1S/C8H15N7O5S/c1-14(10)8(17)15-4-13-5(6(15)9)7(16)12-2-3-20-21(11,18)19/h4H,2-3,9-10H2,1H3,(H,12,16)(H2,11,18,19). The number of hydrogen-bond acceptors (Lipinski definition) is 8. The molecule has 0 bridgehead atoms. The predicted molar refractivity (Wildman–Crippen MR) is 70.8 cm³/mol. The molecular formula is C8H15N7O5S. The smallest absolute Gasteiger partial charge is 0.344 e. The minimum absolute atomic E-state index is 0.147. The monoisotopic (exact) mass is 321 g/mol. The number of nitrogens with zero attached hydrogens (tertiary/aromatic N) is 3. The first-order valence-corrected chi connectivity index (χ1v) is 6.91. The number of imidazole rings is 1. The maximum Gasteiger partial charge on any atom is 0.344 e. The second-order valence-electron chi connectivity index (χ2n) is 3.81. The molecule has 0 saturated carbocycles. The summed E-state index contributed by atoms with van der Waals surface area (Å²) in [6, 6.07) is -0.684. The maximum absolute atomic E-state index is 11.7. The molecule has 0 spiro atoms. The van der Waals surface area contributed by atoms with Crippen molar-refractivity contribution in [3.8, 4) is 0 Å². The predicted octanol–water partition coefficient (Wildman–Crippen LogP) is -2.81. The molecular weight excluding hydrogens is 306 g/mol. The van der Waals surface area contributed by atoms with Crippen LogP contribution in [0.3, 0.4) is 0 Å². The molecule has 1 heterocycles. The Morgan fingerprint density at radius 2 is 2.14 bits per heavy atom. The van der Waals surface area contributed by atoms with Gasteiger partial charge in [0.05, 0.1) is 6.61 Å². The van der Waals surface area contributed by atoms with Crippen molar-refractivity contribution in [2.24, 2.45) is 11.0 Å². The molecule has 0 aromatic carbocycles. The number of rotatable bonds is 5. The molecule has 1 aromatic heterocycles. The van der Waals surface area contributed by atoms with Crippen LogP contribution in [-0.2, 0) is 14.5 Å². The average Bonchev–Trinajstić information content (AvgIpc) is 2.74. The molecule has 21 heavy (non-hydrogen) atoms. The number of carbonyl (C=O) groups excluding carboxylic acids is 2. The lowest BCUT2D eigenvalue weighted by molar-refractivity contribution is 0.0943. The van der Waals surface area contributed by atoms with E-state index in [1.54, 1.807) is 0 Å². The van der Waals surface area contributed by atoms with Crippen LogP contribution in [0.1, 0.15) is 10.5 Å². The Labute approximate surface area is 120 Å². The first kappa shape index (κ1) is 16.8. The van der Waals surface area contributed by atoms with Gasteiger partial charge in [0.2, 0.25) is 0 Å².